The third kappa shape index (κ3) is 130. The van der Waals surface area contributed by atoms with Crippen LogP contribution in [0.3, 0.4) is 0 Å². The molecule has 0 fully saturated rings. The second-order valence-electron chi connectivity index (χ2n) is 0.0833. The topological polar surface area (TPSA) is 68.3 Å². The molecule has 0 aliphatic rings. The molecule has 0 bridgehead atoms. The Kier molecular flexibility index (Phi) is 209. The first kappa shape index (κ1) is 22.6. The molecule has 0 rings (SSSR count). The molecule has 0 heterocycles. The van der Waals surface area contributed by atoms with Crippen LogP contribution in [0.25, 0.3) is 0 Å². The van der Waals surface area contributed by atoms with E-state index in [9.17, 15) is 0 Å². The van der Waals surface area contributed by atoms with Gasteiger partial charge in [0.1, 0.15) is 0 Å². The predicted molar refractivity (Wildman–Crippen MR) is 2.75 cm³/mol. The maximum atomic E-state index is 8.50. The van der Waals surface area contributed by atoms with Gasteiger partial charge in [-0.25, -0.2) is 0 Å². The zero-order valence-corrected chi connectivity index (χ0v) is 8.11. The summed E-state index contributed by atoms with van der Waals surface area (Å²) in [5.74, 6) is 0. The van der Waals surface area contributed by atoms with Gasteiger partial charge in [-0.15, -0.1) is 0 Å². The Labute approximate surface area is 84.3 Å². The number of hydrogen-bond acceptors (Lipinski definition) is 4. The molecule has 8 heavy (non-hydrogen) atoms. The maximum Gasteiger partial charge on any atom is 0 e. The first-order chi connectivity index (χ1) is 3.41. The van der Waals surface area contributed by atoms with E-state index in [1.807, 2.05) is 0 Å². The largest absolute Gasteiger partial charge is 0 e. The van der Waals surface area contributed by atoms with E-state index in [0.29, 0.717) is 0 Å². The van der Waals surface area contributed by atoms with Gasteiger partial charge in [0, 0.05) is 20.4 Å². The summed E-state index contributed by atoms with van der Waals surface area (Å²) in [6.45, 7) is 0. The van der Waals surface area contributed by atoms with Crippen LogP contribution in [0, 0.1) is 0 Å². The Bertz CT molecular complexity index is 52.0. The van der Waals surface area contributed by atoms with Gasteiger partial charge in [0.2, 0.25) is 0 Å². The zero-order chi connectivity index (χ0) is 6.71. The van der Waals surface area contributed by atoms with Crippen molar-refractivity contribution < 1.29 is 85.2 Å². The molecular weight excluding hydrogens is 341 g/mol. The Morgan fingerprint density at radius 2 is 1.12 bits per heavy atom. The van der Waals surface area contributed by atoms with Crippen molar-refractivity contribution in [2.24, 2.45) is 0 Å². The fourth-order valence-corrected chi connectivity index (χ4v) is 0. The molecule has 59 valence electrons. The van der Waals surface area contributed by atoms with Crippen molar-refractivity contribution in [3.8, 4) is 0 Å². The summed E-state index contributed by atoms with van der Waals surface area (Å²) in [4.78, 5) is 0. The van der Waals surface area contributed by atoms with E-state index in [-0.39, 0.29) is 20.4 Å². The minimum absolute atomic E-state index is 0. The average Bonchev–Trinajstić information content (AvgIpc) is 1.78. The van der Waals surface area contributed by atoms with Gasteiger partial charge in [0.15, 0.2) is 0 Å². The second kappa shape index (κ2) is 73.8. The first-order valence-electron chi connectivity index (χ1n) is 0.660. The molecule has 0 N–H and O–H groups in total. The zero-order valence-electron chi connectivity index (χ0n) is 3.07. The van der Waals surface area contributed by atoms with Gasteiger partial charge in [0.05, 0.1) is 0 Å². The standard InChI is InChI=1S/Cu.Ni.4O.Pd.Ti. The van der Waals surface area contributed by atoms with Crippen molar-refractivity contribution in [1.29, 1.82) is 0 Å². The van der Waals surface area contributed by atoms with Crippen LogP contribution < -0.4 is 0 Å². The normalized spacial score (nSPS) is 2.50. The van der Waals surface area contributed by atoms with Gasteiger partial charge in [-0.05, 0) is 0 Å². The fraction of sp³-hybridized carbons (Fsp3) is 0. The van der Waals surface area contributed by atoms with Crippen LogP contribution in [0.2, 0.25) is 0 Å². The fourth-order valence-electron chi connectivity index (χ4n) is 0. The second-order valence-corrected chi connectivity index (χ2v) is 0.344. The van der Waals surface area contributed by atoms with Gasteiger partial charge in [-0.2, -0.15) is 0 Å². The molecular formula is CuNiO4PdTi. The number of rotatable bonds is 0. The van der Waals surface area contributed by atoms with E-state index in [1.54, 1.807) is 0 Å². The summed E-state index contributed by atoms with van der Waals surface area (Å²) in [6, 6.07) is 0. The van der Waals surface area contributed by atoms with Gasteiger partial charge in [-0.1, -0.05) is 0 Å². The van der Waals surface area contributed by atoms with Crippen LogP contribution in [0.4, 0.5) is 0 Å². The third-order valence-corrected chi connectivity index (χ3v) is 0. The van der Waals surface area contributed by atoms with Crippen LogP contribution in [0.15, 0.2) is 0 Å². The SMILES string of the molecule is [O]=[Cu].[O]=[Ni].[O]=[Ti]=[O].[Pd]. The number of hydrogen-bond donors (Lipinski definition) is 0. The van der Waals surface area contributed by atoms with E-state index in [2.05, 4.69) is 31.3 Å². The maximum absolute atomic E-state index is 8.50. The Balaban J connectivity index is -0.0000000147. The summed E-state index contributed by atoms with van der Waals surface area (Å²) in [6.07, 6.45) is 0. The predicted octanol–water partition coefficient (Wildman–Crippen LogP) is -0.485. The molecule has 0 aromatic carbocycles. The Morgan fingerprint density at radius 1 is 1.12 bits per heavy atom. The summed E-state index contributed by atoms with van der Waals surface area (Å²) in [7, 11) is 0. The van der Waals surface area contributed by atoms with Gasteiger partial charge in [-0.3, -0.25) is 0 Å². The van der Waals surface area contributed by atoms with Crippen molar-refractivity contribution in [2.75, 3.05) is 0 Å². The van der Waals surface area contributed by atoms with E-state index < -0.39 is 19.1 Å². The summed E-state index contributed by atoms with van der Waals surface area (Å²) in [5.41, 5.74) is 0. The van der Waals surface area contributed by atoms with E-state index in [4.69, 9.17) is 14.4 Å². The molecule has 0 atom stereocenters. The summed E-state index contributed by atoms with van der Waals surface area (Å²) < 4.78 is 32.7. The summed E-state index contributed by atoms with van der Waals surface area (Å²) in [5, 5.41) is 0. The molecule has 4 nitrogen and oxygen atoms in total. The molecule has 0 amide bonds. The minimum Gasteiger partial charge on any atom is 0 e. The van der Waals surface area contributed by atoms with Crippen LogP contribution in [0.1, 0.15) is 0 Å². The van der Waals surface area contributed by atoms with Crippen molar-refractivity contribution in [3.05, 3.63) is 0 Å². The van der Waals surface area contributed by atoms with Gasteiger partial charge in [0.25, 0.3) is 0 Å². The van der Waals surface area contributed by atoms with Crippen molar-refractivity contribution in [1.82, 2.24) is 0 Å². The average molecular weight is 341 g/mol. The molecule has 0 unspecified atom stereocenters. The smallest absolute Gasteiger partial charge is 0 e. The van der Waals surface area contributed by atoms with Gasteiger partial charge < -0.3 is 0 Å². The summed E-state index contributed by atoms with van der Waals surface area (Å²) >= 11 is 3.56. The molecule has 0 aliphatic heterocycles. The van der Waals surface area contributed by atoms with Crippen LogP contribution in [0.5, 0.6) is 0 Å². The molecule has 0 radical (unpaired) electrons. The third-order valence-electron chi connectivity index (χ3n) is 0. The minimum atomic E-state index is -2.00. The quantitative estimate of drug-likeness (QED) is 0.558. The molecule has 0 aromatic rings. The molecule has 0 saturated carbocycles. The van der Waals surface area contributed by atoms with Crippen LogP contribution in [-0.4, -0.2) is 0 Å². The van der Waals surface area contributed by atoms with Crippen LogP contribution in [-0.2, 0) is 85.2 Å². The first-order valence-corrected chi connectivity index (χ1v) is 2.72. The van der Waals surface area contributed by atoms with Crippen LogP contribution >= 0.6 is 0 Å². The molecule has 0 aromatic heterocycles. The van der Waals surface area contributed by atoms with E-state index in [0.717, 1.165) is 0 Å². The van der Waals surface area contributed by atoms with Crippen molar-refractivity contribution in [2.45, 2.75) is 0 Å². The monoisotopic (exact) mass is 339 g/mol. The molecule has 0 saturated heterocycles. The molecule has 0 spiro atoms. The van der Waals surface area contributed by atoms with E-state index in [1.165, 1.54) is 0 Å². The van der Waals surface area contributed by atoms with Gasteiger partial charge >= 0.3 is 64.8 Å². The van der Waals surface area contributed by atoms with Crippen molar-refractivity contribution >= 4 is 0 Å². The van der Waals surface area contributed by atoms with Crippen molar-refractivity contribution in [3.63, 3.8) is 0 Å². The Morgan fingerprint density at radius 3 is 1.12 bits per heavy atom. The molecule has 0 aliphatic carbocycles. The Hall–Kier alpha value is 1.59. The molecule has 8 heteroatoms. The van der Waals surface area contributed by atoms with E-state index >= 15 is 0 Å².